The molecule has 1 aliphatic carbocycles. The number of halogens is 5. The van der Waals surface area contributed by atoms with Crippen LogP contribution in [0, 0.1) is 17.5 Å². The molecule has 1 amide bonds. The van der Waals surface area contributed by atoms with Gasteiger partial charge in [0.25, 0.3) is 5.92 Å². The zero-order valence-corrected chi connectivity index (χ0v) is 18.0. The highest BCUT2D eigenvalue weighted by Gasteiger charge is 2.60. The molecule has 2 aliphatic rings. The maximum atomic E-state index is 14.0. The van der Waals surface area contributed by atoms with Gasteiger partial charge in [-0.1, -0.05) is 0 Å². The molecule has 0 saturated heterocycles. The molecule has 0 spiro atoms. The number of carbonyl (C=O) groups is 1. The summed E-state index contributed by atoms with van der Waals surface area (Å²) < 4.78 is 72.1. The monoisotopic (exact) mass is 465 g/mol. The van der Waals surface area contributed by atoms with Crippen molar-refractivity contribution in [3.63, 3.8) is 0 Å². The van der Waals surface area contributed by atoms with Crippen LogP contribution in [0.5, 0.6) is 0 Å². The van der Waals surface area contributed by atoms with Gasteiger partial charge >= 0.3 is 0 Å². The van der Waals surface area contributed by atoms with E-state index in [1.165, 1.54) is 14.3 Å². The molecule has 2 aromatic heterocycles. The molecule has 1 aromatic carbocycles. The lowest BCUT2D eigenvalue weighted by atomic mass is 9.87. The van der Waals surface area contributed by atoms with Crippen LogP contribution in [0.15, 0.2) is 18.3 Å². The lowest BCUT2D eigenvalue weighted by Gasteiger charge is -2.37. The van der Waals surface area contributed by atoms with Crippen molar-refractivity contribution in [1.29, 1.82) is 0 Å². The summed E-state index contributed by atoms with van der Waals surface area (Å²) in [6.45, 7) is 1.74. The van der Waals surface area contributed by atoms with Gasteiger partial charge in [0.05, 0.1) is 35.1 Å². The summed E-state index contributed by atoms with van der Waals surface area (Å²) in [4.78, 5) is 13.6. The van der Waals surface area contributed by atoms with E-state index in [4.69, 9.17) is 0 Å². The number of aryl methyl sites for hydroxylation is 2. The first-order valence-electron chi connectivity index (χ1n) is 10.4. The van der Waals surface area contributed by atoms with E-state index >= 15 is 0 Å². The molecule has 1 fully saturated rings. The van der Waals surface area contributed by atoms with E-state index in [1.54, 1.807) is 27.2 Å². The fraction of sp³-hybridized carbons (Fsp3) is 0.409. The van der Waals surface area contributed by atoms with Crippen molar-refractivity contribution in [2.75, 3.05) is 0 Å². The highest BCUT2D eigenvalue weighted by molar-refractivity contribution is 5.67. The molecule has 1 unspecified atom stereocenters. The van der Waals surface area contributed by atoms with E-state index in [9.17, 15) is 26.7 Å². The first-order valence-corrected chi connectivity index (χ1v) is 10.4. The largest absolute Gasteiger partial charge is 0.329 e. The Hall–Kier alpha value is -3.24. The summed E-state index contributed by atoms with van der Waals surface area (Å²) >= 11 is 0. The summed E-state index contributed by atoms with van der Waals surface area (Å²) in [6, 6.07) is 0.603. The Morgan fingerprint density at radius 1 is 1.09 bits per heavy atom. The van der Waals surface area contributed by atoms with Crippen LogP contribution in [0.1, 0.15) is 53.9 Å². The van der Waals surface area contributed by atoms with Gasteiger partial charge in [-0.25, -0.2) is 22.0 Å². The van der Waals surface area contributed by atoms with Crippen LogP contribution >= 0.6 is 0 Å². The average molecular weight is 465 g/mol. The van der Waals surface area contributed by atoms with Gasteiger partial charge in [-0.3, -0.25) is 14.2 Å². The van der Waals surface area contributed by atoms with E-state index < -0.39 is 41.4 Å². The fourth-order valence-electron chi connectivity index (χ4n) is 4.89. The van der Waals surface area contributed by atoms with Crippen molar-refractivity contribution in [3.8, 4) is 11.3 Å². The maximum Gasteiger partial charge on any atom is 0.257 e. The molecule has 5 rings (SSSR count). The molecule has 1 aliphatic heterocycles. The number of alkyl halides is 2. The highest BCUT2D eigenvalue weighted by atomic mass is 19.3. The van der Waals surface area contributed by atoms with Crippen LogP contribution in [0.3, 0.4) is 0 Å². The first-order chi connectivity index (χ1) is 15.5. The number of hydrogen-bond acceptors (Lipinski definition) is 3. The predicted octanol–water partition coefficient (Wildman–Crippen LogP) is 4.18. The quantitative estimate of drug-likeness (QED) is 0.330. The molecule has 174 valence electrons. The molecule has 1 saturated carbocycles. The molecule has 6 nitrogen and oxygen atoms in total. The second kappa shape index (κ2) is 7.13. The molecule has 3 heterocycles. The van der Waals surface area contributed by atoms with E-state index in [-0.39, 0.29) is 24.1 Å². The minimum absolute atomic E-state index is 0.0910. The Labute approximate surface area is 185 Å². The Morgan fingerprint density at radius 3 is 2.30 bits per heavy atom. The molecule has 0 bridgehead atoms. The standard InChI is InChI=1S/C22H20F5N5O/c1-10-19-12(21(31(3)29-19)11-4-15(23)18(25)16(24)5-11)6-17(32(10)9-33)13-8-30(2)28-20(13)14-7-22(14,26)27/h4-5,8-10,14,17H,6-7H2,1-3H3/t10?,14-,17+/m1/s1. The van der Waals surface area contributed by atoms with Gasteiger partial charge in [0.1, 0.15) is 0 Å². The molecule has 33 heavy (non-hydrogen) atoms. The van der Waals surface area contributed by atoms with E-state index in [2.05, 4.69) is 10.2 Å². The third kappa shape index (κ3) is 3.24. The number of nitrogens with zero attached hydrogens (tertiary/aromatic N) is 5. The van der Waals surface area contributed by atoms with Crippen LogP contribution in [0.25, 0.3) is 11.3 Å². The molecule has 11 heteroatoms. The minimum atomic E-state index is -2.84. The normalized spacial score (nSPS) is 23.5. The molecular formula is C22H20F5N5O. The average Bonchev–Trinajstić information content (AvgIpc) is 3.05. The topological polar surface area (TPSA) is 56.0 Å². The van der Waals surface area contributed by atoms with Crippen molar-refractivity contribution in [3.05, 3.63) is 58.3 Å². The Morgan fingerprint density at radius 2 is 1.73 bits per heavy atom. The van der Waals surface area contributed by atoms with Crippen molar-refractivity contribution in [2.45, 2.75) is 43.7 Å². The number of fused-ring (bicyclic) bond motifs is 1. The van der Waals surface area contributed by atoms with Gasteiger partial charge in [0.15, 0.2) is 17.5 Å². The number of aromatic nitrogens is 4. The molecule has 3 aromatic rings. The lowest BCUT2D eigenvalue weighted by molar-refractivity contribution is -0.123. The lowest BCUT2D eigenvalue weighted by Crippen LogP contribution is -2.36. The number of hydrogen-bond donors (Lipinski definition) is 0. The summed E-state index contributed by atoms with van der Waals surface area (Å²) in [5.41, 5.74) is 2.31. The zero-order chi connectivity index (χ0) is 23.8. The van der Waals surface area contributed by atoms with Crippen molar-refractivity contribution >= 4 is 6.41 Å². The van der Waals surface area contributed by atoms with Gasteiger partial charge in [0, 0.05) is 49.8 Å². The summed E-state index contributed by atoms with van der Waals surface area (Å²) in [5, 5.41) is 8.70. The van der Waals surface area contributed by atoms with Crippen LogP contribution in [-0.4, -0.2) is 36.8 Å². The van der Waals surface area contributed by atoms with Gasteiger partial charge in [0.2, 0.25) is 6.41 Å². The Bertz CT molecular complexity index is 1260. The van der Waals surface area contributed by atoms with Gasteiger partial charge in [-0.2, -0.15) is 10.2 Å². The van der Waals surface area contributed by atoms with Crippen LogP contribution in [-0.2, 0) is 25.3 Å². The van der Waals surface area contributed by atoms with Gasteiger partial charge in [-0.15, -0.1) is 0 Å². The van der Waals surface area contributed by atoms with Gasteiger partial charge < -0.3 is 4.90 Å². The maximum absolute atomic E-state index is 14.0. The Balaban J connectivity index is 1.65. The van der Waals surface area contributed by atoms with E-state index in [0.29, 0.717) is 28.9 Å². The van der Waals surface area contributed by atoms with E-state index in [0.717, 1.165) is 12.1 Å². The van der Waals surface area contributed by atoms with Crippen molar-refractivity contribution in [2.24, 2.45) is 14.1 Å². The number of carbonyl (C=O) groups excluding carboxylic acids is 1. The van der Waals surface area contributed by atoms with Crippen molar-refractivity contribution < 1.29 is 26.7 Å². The van der Waals surface area contributed by atoms with Gasteiger partial charge in [-0.05, 0) is 19.1 Å². The van der Waals surface area contributed by atoms with Crippen LogP contribution in [0.2, 0.25) is 0 Å². The third-order valence-corrected chi connectivity index (χ3v) is 6.56. The minimum Gasteiger partial charge on any atom is -0.329 e. The SMILES string of the molecule is CC1c2nn(C)c(-c3cc(F)c(F)c(F)c3)c2C[C@@H](c2cn(C)nc2[C@H]2CC2(F)F)N1C=O. The van der Waals surface area contributed by atoms with Crippen molar-refractivity contribution in [1.82, 2.24) is 24.5 Å². The Kier molecular flexibility index (Phi) is 4.67. The number of rotatable bonds is 4. The molecule has 3 atom stereocenters. The number of amides is 1. The zero-order valence-electron chi connectivity index (χ0n) is 18.0. The second-order valence-corrected chi connectivity index (χ2v) is 8.70. The first kappa shape index (κ1) is 21.6. The highest BCUT2D eigenvalue weighted by Crippen LogP contribution is 2.57. The molecule has 0 radical (unpaired) electrons. The second-order valence-electron chi connectivity index (χ2n) is 8.70. The van der Waals surface area contributed by atoms with E-state index in [1.807, 2.05) is 0 Å². The van der Waals surface area contributed by atoms with Crippen LogP contribution in [0.4, 0.5) is 22.0 Å². The predicted molar refractivity (Wildman–Crippen MR) is 107 cm³/mol. The summed E-state index contributed by atoms with van der Waals surface area (Å²) in [7, 11) is 3.20. The number of benzene rings is 1. The fourth-order valence-corrected chi connectivity index (χ4v) is 4.89. The molecular weight excluding hydrogens is 445 g/mol. The van der Waals surface area contributed by atoms with Crippen LogP contribution < -0.4 is 0 Å². The molecule has 0 N–H and O–H groups in total. The smallest absolute Gasteiger partial charge is 0.257 e. The summed E-state index contributed by atoms with van der Waals surface area (Å²) in [5.74, 6) is -8.10. The third-order valence-electron chi connectivity index (χ3n) is 6.56. The summed E-state index contributed by atoms with van der Waals surface area (Å²) in [6.07, 6.45) is 2.12.